The van der Waals surface area contributed by atoms with Crippen molar-refractivity contribution in [1.29, 1.82) is 0 Å². The van der Waals surface area contributed by atoms with Crippen LogP contribution >= 0.6 is 10.0 Å². The van der Waals surface area contributed by atoms with Crippen LogP contribution in [0, 0.1) is 0 Å². The monoisotopic (exact) mass is 445 g/mol. The molecule has 8 heteroatoms. The van der Waals surface area contributed by atoms with Gasteiger partial charge in [0.1, 0.15) is 11.8 Å². The predicted octanol–water partition coefficient (Wildman–Crippen LogP) is 3.20. The first kappa shape index (κ1) is 23.0. The van der Waals surface area contributed by atoms with Gasteiger partial charge in [0, 0.05) is 18.8 Å². The molecule has 0 saturated carbocycles. The molecule has 7 nitrogen and oxygen atoms in total. The lowest BCUT2D eigenvalue weighted by Gasteiger charge is -2.26. The fourth-order valence-corrected chi connectivity index (χ4v) is 4.35. The normalized spacial score (nSPS) is 17.7. The zero-order valence-corrected chi connectivity index (χ0v) is 19.2. The Balaban J connectivity index is 1.78. The van der Waals surface area contributed by atoms with Crippen LogP contribution in [0.5, 0.6) is 5.75 Å². The maximum absolute atomic E-state index is 13.1. The molecular weight excluding hydrogens is 414 g/mol. The standard InChI is InChI=1S/C23H31N3O4S/c1-30-19-9-5-16(6-10-19)21(25-23(29)26-14-13-18(27)15-26)22(28)24-17-7-11-20(12-8-17)31(2,3)4/h5-12,18,21,27H,13-15H2,1-4H3,(H,24,28)(H,25,29)/t18-,21-/m1/s1. The fourth-order valence-electron chi connectivity index (χ4n) is 3.40. The van der Waals surface area contributed by atoms with Gasteiger partial charge in [0.25, 0.3) is 5.91 Å². The number of hydrogen-bond donors (Lipinski definition) is 3. The minimum atomic E-state index is -0.885. The van der Waals surface area contributed by atoms with E-state index in [1.165, 1.54) is 9.80 Å². The highest BCUT2D eigenvalue weighted by atomic mass is 32.3. The first-order valence-electron chi connectivity index (χ1n) is 10.1. The third-order valence-electron chi connectivity index (χ3n) is 5.26. The lowest BCUT2D eigenvalue weighted by molar-refractivity contribution is -0.118. The number of ether oxygens (including phenoxy) is 1. The highest BCUT2D eigenvalue weighted by molar-refractivity contribution is 8.32. The van der Waals surface area contributed by atoms with Crippen molar-refractivity contribution in [1.82, 2.24) is 10.2 Å². The number of likely N-dealkylation sites (tertiary alicyclic amines) is 1. The molecule has 0 bridgehead atoms. The van der Waals surface area contributed by atoms with Crippen molar-refractivity contribution < 1.29 is 19.4 Å². The SMILES string of the molecule is COc1ccc([C@@H](NC(=O)N2CC[C@@H](O)C2)C(=O)Nc2ccc(S(C)(C)C)cc2)cc1. The number of methoxy groups -OCH3 is 1. The Kier molecular flexibility index (Phi) is 7.12. The average Bonchev–Trinajstić information content (AvgIpc) is 3.18. The van der Waals surface area contributed by atoms with Crippen molar-refractivity contribution in [3.8, 4) is 5.75 Å². The van der Waals surface area contributed by atoms with Gasteiger partial charge in [0.2, 0.25) is 0 Å². The lowest BCUT2D eigenvalue weighted by atomic mass is 10.1. The molecular formula is C23H31N3O4S. The maximum Gasteiger partial charge on any atom is 0.318 e. The fraction of sp³-hybridized carbons (Fsp3) is 0.391. The highest BCUT2D eigenvalue weighted by Gasteiger charge is 2.29. The minimum absolute atomic E-state index is 0.263. The lowest BCUT2D eigenvalue weighted by Crippen LogP contribution is -2.44. The summed E-state index contributed by atoms with van der Waals surface area (Å²) < 4.78 is 5.20. The average molecular weight is 446 g/mol. The predicted molar refractivity (Wildman–Crippen MR) is 125 cm³/mol. The van der Waals surface area contributed by atoms with E-state index in [0.717, 1.165) is 0 Å². The summed E-state index contributed by atoms with van der Waals surface area (Å²) in [6.07, 6.45) is 6.65. The van der Waals surface area contributed by atoms with Gasteiger partial charge in [-0.05, 0) is 72.0 Å². The summed E-state index contributed by atoms with van der Waals surface area (Å²) in [5, 5.41) is 15.5. The highest BCUT2D eigenvalue weighted by Crippen LogP contribution is 2.45. The summed E-state index contributed by atoms with van der Waals surface area (Å²) in [5.41, 5.74) is 1.31. The molecule has 2 aromatic rings. The van der Waals surface area contributed by atoms with Crippen molar-refractivity contribution in [2.45, 2.75) is 23.5 Å². The Labute approximate surface area is 185 Å². The van der Waals surface area contributed by atoms with E-state index < -0.39 is 22.2 Å². The molecule has 0 aliphatic carbocycles. The summed E-state index contributed by atoms with van der Waals surface area (Å²) in [6, 6.07) is 13.6. The molecule has 0 unspecified atom stereocenters. The number of carbonyl (C=O) groups excluding carboxylic acids is 2. The number of nitrogens with one attached hydrogen (secondary N) is 2. The van der Waals surface area contributed by atoms with E-state index in [-0.39, 0.29) is 18.5 Å². The number of nitrogens with zero attached hydrogens (tertiary/aromatic N) is 1. The Bertz CT molecular complexity index is 910. The zero-order chi connectivity index (χ0) is 22.6. The van der Waals surface area contributed by atoms with Crippen molar-refractivity contribution in [2.75, 3.05) is 44.3 Å². The Morgan fingerprint density at radius 2 is 1.74 bits per heavy atom. The number of urea groups is 1. The molecule has 0 radical (unpaired) electrons. The molecule has 1 aliphatic rings. The molecule has 3 rings (SSSR count). The van der Waals surface area contributed by atoms with Crippen LogP contribution in [-0.4, -0.2) is 67.0 Å². The van der Waals surface area contributed by atoms with Crippen molar-refractivity contribution in [3.05, 3.63) is 54.1 Å². The number of hydrogen-bond acceptors (Lipinski definition) is 4. The number of aliphatic hydroxyl groups is 1. The zero-order valence-electron chi connectivity index (χ0n) is 18.4. The minimum Gasteiger partial charge on any atom is -0.497 e. The number of rotatable bonds is 6. The molecule has 1 heterocycles. The summed E-state index contributed by atoms with van der Waals surface area (Å²) in [4.78, 5) is 28.6. The number of aliphatic hydroxyl groups excluding tert-OH is 1. The second kappa shape index (κ2) is 9.62. The molecule has 2 atom stereocenters. The van der Waals surface area contributed by atoms with Gasteiger partial charge in [-0.3, -0.25) is 4.79 Å². The first-order chi connectivity index (χ1) is 14.7. The quantitative estimate of drug-likeness (QED) is 0.637. The van der Waals surface area contributed by atoms with Gasteiger partial charge < -0.3 is 25.4 Å². The largest absolute Gasteiger partial charge is 0.497 e. The summed E-state index contributed by atoms with van der Waals surface area (Å²) in [7, 11) is 0.721. The van der Waals surface area contributed by atoms with Crippen LogP contribution in [0.1, 0.15) is 18.0 Å². The van der Waals surface area contributed by atoms with E-state index in [9.17, 15) is 14.7 Å². The number of β-amino-alcohol motifs (C(OH)–C–C–N with tert-alkyl or cyclic N) is 1. The van der Waals surface area contributed by atoms with Crippen LogP contribution in [0.2, 0.25) is 0 Å². The molecule has 1 aliphatic heterocycles. The third-order valence-corrected chi connectivity index (χ3v) is 6.95. The second-order valence-corrected chi connectivity index (χ2v) is 12.5. The number of benzene rings is 2. The van der Waals surface area contributed by atoms with E-state index in [1.54, 1.807) is 31.4 Å². The summed E-state index contributed by atoms with van der Waals surface area (Å²) in [6.45, 7) is 0.722. The van der Waals surface area contributed by atoms with Crippen molar-refractivity contribution >= 4 is 27.7 Å². The van der Waals surface area contributed by atoms with Crippen LogP contribution in [-0.2, 0) is 4.79 Å². The van der Waals surface area contributed by atoms with Gasteiger partial charge in [0.15, 0.2) is 0 Å². The molecule has 2 aromatic carbocycles. The molecule has 3 amide bonds. The number of carbonyl (C=O) groups is 2. The van der Waals surface area contributed by atoms with Gasteiger partial charge in [-0.2, -0.15) is 0 Å². The topological polar surface area (TPSA) is 90.9 Å². The van der Waals surface area contributed by atoms with Gasteiger partial charge in [0.05, 0.1) is 13.2 Å². The molecule has 1 saturated heterocycles. The van der Waals surface area contributed by atoms with Crippen molar-refractivity contribution in [3.63, 3.8) is 0 Å². The van der Waals surface area contributed by atoms with Gasteiger partial charge in [-0.1, -0.05) is 12.1 Å². The van der Waals surface area contributed by atoms with Crippen molar-refractivity contribution in [2.24, 2.45) is 0 Å². The van der Waals surface area contributed by atoms with E-state index >= 15 is 0 Å². The number of anilines is 1. The third kappa shape index (κ3) is 5.92. The summed E-state index contributed by atoms with van der Waals surface area (Å²) >= 11 is 0. The van der Waals surface area contributed by atoms with E-state index in [0.29, 0.717) is 30.0 Å². The Morgan fingerprint density at radius 1 is 1.10 bits per heavy atom. The Morgan fingerprint density at radius 3 is 2.26 bits per heavy atom. The first-order valence-corrected chi connectivity index (χ1v) is 13.0. The Hall–Kier alpha value is -2.71. The van der Waals surface area contributed by atoms with Crippen LogP contribution < -0.4 is 15.4 Å². The van der Waals surface area contributed by atoms with Gasteiger partial charge >= 0.3 is 6.03 Å². The smallest absolute Gasteiger partial charge is 0.318 e. The molecule has 0 spiro atoms. The van der Waals surface area contributed by atoms with E-state index in [4.69, 9.17) is 4.74 Å². The van der Waals surface area contributed by atoms with Crippen LogP contribution in [0.4, 0.5) is 10.5 Å². The van der Waals surface area contributed by atoms with Gasteiger partial charge in [-0.25, -0.2) is 14.8 Å². The molecule has 0 aromatic heterocycles. The molecule has 168 valence electrons. The second-order valence-electron chi connectivity index (χ2n) is 8.39. The molecule has 3 N–H and O–H groups in total. The van der Waals surface area contributed by atoms with Gasteiger partial charge in [-0.15, -0.1) is 0 Å². The van der Waals surface area contributed by atoms with Crippen LogP contribution in [0.25, 0.3) is 0 Å². The molecule has 1 fully saturated rings. The summed E-state index contributed by atoms with van der Waals surface area (Å²) in [5.74, 6) is 0.325. The van der Waals surface area contributed by atoms with E-state index in [1.807, 2.05) is 24.3 Å². The van der Waals surface area contributed by atoms with E-state index in [2.05, 4.69) is 29.4 Å². The van der Waals surface area contributed by atoms with Crippen LogP contribution in [0.3, 0.4) is 0 Å². The van der Waals surface area contributed by atoms with Crippen LogP contribution in [0.15, 0.2) is 53.4 Å². The number of amides is 3. The molecule has 31 heavy (non-hydrogen) atoms. The maximum atomic E-state index is 13.1.